The number of morpholine rings is 1. The fourth-order valence-electron chi connectivity index (χ4n) is 6.69. The molecule has 2 atom stereocenters. The van der Waals surface area contributed by atoms with Crippen molar-refractivity contribution in [1.29, 1.82) is 0 Å². The molecule has 0 radical (unpaired) electrons. The zero-order chi connectivity index (χ0) is 25.9. The Kier molecular flexibility index (Phi) is 7.77. The average Bonchev–Trinajstić information content (AvgIpc) is 3.80. The Morgan fingerprint density at radius 2 is 1.16 bits per heavy atom. The van der Waals surface area contributed by atoms with E-state index in [-0.39, 0.29) is 29.7 Å². The highest BCUT2D eigenvalue weighted by atomic mass is 16.5. The quantitative estimate of drug-likeness (QED) is 0.591. The van der Waals surface area contributed by atoms with Gasteiger partial charge in [-0.25, -0.2) is 0 Å². The highest BCUT2D eigenvalue weighted by molar-refractivity contribution is 5.92. The lowest BCUT2D eigenvalue weighted by atomic mass is 9.96. The van der Waals surface area contributed by atoms with Crippen molar-refractivity contribution in [1.82, 2.24) is 19.6 Å². The lowest BCUT2D eigenvalue weighted by molar-refractivity contribution is -0.140. The third kappa shape index (κ3) is 5.51. The number of hydrogen-bond acceptors (Lipinski definition) is 5. The van der Waals surface area contributed by atoms with E-state index < -0.39 is 0 Å². The minimum Gasteiger partial charge on any atom is -0.379 e. The molecule has 1 aliphatic carbocycles. The number of benzene rings is 2. The first-order chi connectivity index (χ1) is 18.7. The van der Waals surface area contributed by atoms with Crippen LogP contribution in [0, 0.1) is 11.8 Å². The molecule has 0 aromatic heterocycles. The van der Waals surface area contributed by atoms with Crippen molar-refractivity contribution in [3.63, 3.8) is 0 Å². The van der Waals surface area contributed by atoms with Gasteiger partial charge in [-0.1, -0.05) is 60.7 Å². The number of piperidine rings is 1. The summed E-state index contributed by atoms with van der Waals surface area (Å²) in [4.78, 5) is 35.6. The Hall–Kier alpha value is -2.74. The van der Waals surface area contributed by atoms with E-state index in [9.17, 15) is 9.59 Å². The lowest BCUT2D eigenvalue weighted by Gasteiger charge is -2.40. The van der Waals surface area contributed by atoms with Crippen molar-refractivity contribution in [2.24, 2.45) is 11.8 Å². The van der Waals surface area contributed by atoms with Crippen LogP contribution < -0.4 is 0 Å². The zero-order valence-electron chi connectivity index (χ0n) is 22.3. The van der Waals surface area contributed by atoms with E-state index in [0.717, 1.165) is 84.8 Å². The fourth-order valence-corrected chi connectivity index (χ4v) is 6.69. The van der Waals surface area contributed by atoms with Gasteiger partial charge >= 0.3 is 0 Å². The van der Waals surface area contributed by atoms with Gasteiger partial charge in [0.1, 0.15) is 0 Å². The Morgan fingerprint density at radius 1 is 0.658 bits per heavy atom. The van der Waals surface area contributed by atoms with Gasteiger partial charge in [-0.2, -0.15) is 0 Å². The number of nitrogens with zero attached hydrogens (tertiary/aromatic N) is 4. The molecular formula is C31H40N4O3. The number of piperazine rings is 1. The Balaban J connectivity index is 1.01. The van der Waals surface area contributed by atoms with Crippen LogP contribution in [0.5, 0.6) is 0 Å². The molecule has 2 unspecified atom stereocenters. The van der Waals surface area contributed by atoms with Gasteiger partial charge in [0, 0.05) is 58.4 Å². The number of ether oxygens (including phenoxy) is 1. The van der Waals surface area contributed by atoms with Crippen LogP contribution in [-0.4, -0.2) is 103 Å². The van der Waals surface area contributed by atoms with E-state index in [0.29, 0.717) is 6.04 Å². The maximum atomic E-state index is 13.4. The second kappa shape index (κ2) is 11.6. The summed E-state index contributed by atoms with van der Waals surface area (Å²) in [6, 6.07) is 22.0. The molecule has 3 saturated heterocycles. The van der Waals surface area contributed by atoms with Gasteiger partial charge in [0.2, 0.25) is 11.8 Å². The summed E-state index contributed by atoms with van der Waals surface area (Å²) in [6.07, 6.45) is 2.78. The standard InChI is InChI=1S/C31H40N4O3/c36-30(34-13-11-26(12-14-34)32-19-21-38-22-20-32)27-23-28(27)31(37)35-17-15-33(16-18-35)29(24-7-3-1-4-8-24)25-9-5-2-6-10-25/h1-10,26-29H,11-23H2. The van der Waals surface area contributed by atoms with Gasteiger partial charge < -0.3 is 14.5 Å². The number of carbonyl (C=O) groups excluding carboxylic acids is 2. The van der Waals surface area contributed by atoms with Gasteiger partial charge in [-0.05, 0) is 30.4 Å². The summed E-state index contributed by atoms with van der Waals surface area (Å²) in [5, 5.41) is 0. The molecular weight excluding hydrogens is 476 g/mol. The van der Waals surface area contributed by atoms with Crippen molar-refractivity contribution in [2.75, 3.05) is 65.6 Å². The monoisotopic (exact) mass is 516 g/mol. The molecule has 4 fully saturated rings. The summed E-state index contributed by atoms with van der Waals surface area (Å²) in [6.45, 7) is 8.38. The summed E-state index contributed by atoms with van der Waals surface area (Å²) >= 11 is 0. The molecule has 7 heteroatoms. The first-order valence-electron chi connectivity index (χ1n) is 14.4. The molecule has 0 bridgehead atoms. The van der Waals surface area contributed by atoms with E-state index in [4.69, 9.17) is 4.74 Å². The molecule has 7 nitrogen and oxygen atoms in total. The van der Waals surface area contributed by atoms with Gasteiger partial charge in [-0.3, -0.25) is 19.4 Å². The number of carbonyl (C=O) groups is 2. The first-order valence-corrected chi connectivity index (χ1v) is 14.4. The van der Waals surface area contributed by atoms with Crippen LogP contribution in [0.2, 0.25) is 0 Å². The fraction of sp³-hybridized carbons (Fsp3) is 0.548. The zero-order valence-corrected chi connectivity index (χ0v) is 22.3. The number of amides is 2. The van der Waals surface area contributed by atoms with E-state index in [2.05, 4.69) is 70.5 Å². The minimum atomic E-state index is -0.120. The molecule has 0 N–H and O–H groups in total. The van der Waals surface area contributed by atoms with E-state index >= 15 is 0 Å². The molecule has 3 heterocycles. The summed E-state index contributed by atoms with van der Waals surface area (Å²) in [7, 11) is 0. The van der Waals surface area contributed by atoms with E-state index in [1.165, 1.54) is 11.1 Å². The third-order valence-corrected chi connectivity index (χ3v) is 8.98. The van der Waals surface area contributed by atoms with Crippen molar-refractivity contribution < 1.29 is 14.3 Å². The van der Waals surface area contributed by atoms with Crippen molar-refractivity contribution in [3.05, 3.63) is 71.8 Å². The van der Waals surface area contributed by atoms with Crippen LogP contribution in [0.1, 0.15) is 36.4 Å². The SMILES string of the molecule is O=C(C1CC1C(=O)N1CCN(C(c2ccccc2)c2ccccc2)CC1)N1CCC(N2CCOCC2)CC1. The second-order valence-electron chi connectivity index (χ2n) is 11.2. The van der Waals surface area contributed by atoms with Crippen LogP contribution in [0.4, 0.5) is 0 Å². The Labute approximate surface area is 226 Å². The average molecular weight is 517 g/mol. The van der Waals surface area contributed by atoms with Gasteiger partial charge in [-0.15, -0.1) is 0 Å². The van der Waals surface area contributed by atoms with E-state index in [1.54, 1.807) is 0 Å². The molecule has 4 aliphatic rings. The van der Waals surface area contributed by atoms with Crippen LogP contribution in [0.3, 0.4) is 0 Å². The predicted octanol–water partition coefficient (Wildman–Crippen LogP) is 2.88. The molecule has 2 aromatic rings. The second-order valence-corrected chi connectivity index (χ2v) is 11.2. The van der Waals surface area contributed by atoms with Gasteiger partial charge in [0.15, 0.2) is 0 Å². The molecule has 1 saturated carbocycles. The summed E-state index contributed by atoms with van der Waals surface area (Å²) in [5.41, 5.74) is 2.56. The number of hydrogen-bond donors (Lipinski definition) is 0. The number of likely N-dealkylation sites (tertiary alicyclic amines) is 1. The van der Waals surface area contributed by atoms with Crippen LogP contribution >= 0.6 is 0 Å². The van der Waals surface area contributed by atoms with Gasteiger partial charge in [0.05, 0.1) is 31.1 Å². The van der Waals surface area contributed by atoms with Crippen LogP contribution in [0.25, 0.3) is 0 Å². The largest absolute Gasteiger partial charge is 0.379 e. The van der Waals surface area contributed by atoms with Crippen LogP contribution in [0.15, 0.2) is 60.7 Å². The number of rotatable bonds is 6. The van der Waals surface area contributed by atoms with Crippen molar-refractivity contribution in [2.45, 2.75) is 31.3 Å². The molecule has 3 aliphatic heterocycles. The van der Waals surface area contributed by atoms with Gasteiger partial charge in [0.25, 0.3) is 0 Å². The van der Waals surface area contributed by atoms with Crippen molar-refractivity contribution >= 4 is 11.8 Å². The maximum absolute atomic E-state index is 13.4. The topological polar surface area (TPSA) is 56.3 Å². The Morgan fingerprint density at radius 3 is 1.68 bits per heavy atom. The lowest BCUT2D eigenvalue weighted by Crippen LogP contribution is -2.51. The molecule has 6 rings (SSSR count). The van der Waals surface area contributed by atoms with Crippen LogP contribution in [-0.2, 0) is 14.3 Å². The minimum absolute atomic E-state index is 0.109. The molecule has 0 spiro atoms. The normalized spacial score (nSPS) is 25.5. The molecule has 2 amide bonds. The summed E-state index contributed by atoms with van der Waals surface area (Å²) in [5.74, 6) is 0.157. The molecule has 38 heavy (non-hydrogen) atoms. The highest BCUT2D eigenvalue weighted by Crippen LogP contribution is 2.42. The smallest absolute Gasteiger partial charge is 0.226 e. The Bertz CT molecular complexity index is 1040. The van der Waals surface area contributed by atoms with Crippen molar-refractivity contribution in [3.8, 4) is 0 Å². The molecule has 2 aromatic carbocycles. The summed E-state index contributed by atoms with van der Waals surface area (Å²) < 4.78 is 5.49. The first kappa shape index (κ1) is 25.5. The maximum Gasteiger partial charge on any atom is 0.226 e. The molecule has 202 valence electrons. The van der Waals surface area contributed by atoms with E-state index in [1.807, 2.05) is 9.80 Å². The third-order valence-electron chi connectivity index (χ3n) is 8.98. The highest BCUT2D eigenvalue weighted by Gasteiger charge is 2.51. The predicted molar refractivity (Wildman–Crippen MR) is 146 cm³/mol.